The number of amides is 1. The topological polar surface area (TPSA) is 55.8 Å². The van der Waals surface area contributed by atoms with E-state index in [-0.39, 0.29) is 24.9 Å². The molecule has 1 amide bonds. The summed E-state index contributed by atoms with van der Waals surface area (Å²) in [7, 11) is 0. The minimum atomic E-state index is -0.366. The van der Waals surface area contributed by atoms with Crippen molar-refractivity contribution in [3.05, 3.63) is 35.9 Å². The van der Waals surface area contributed by atoms with E-state index >= 15 is 0 Å². The number of benzene rings is 1. The molecule has 0 saturated heterocycles. The quantitative estimate of drug-likeness (QED) is 0.194. The van der Waals surface area contributed by atoms with Crippen LogP contribution in [0.15, 0.2) is 30.3 Å². The Morgan fingerprint density at radius 2 is 1.59 bits per heavy atom. The first kappa shape index (κ1) is 24.6. The molecule has 2 fully saturated rings. The SMILES string of the molecule is CCCCCCCCCC(=O)OCOC(=O)N(CC)C1C2CCC(C2)C1c1ccccc1. The van der Waals surface area contributed by atoms with Gasteiger partial charge >= 0.3 is 12.1 Å². The van der Waals surface area contributed by atoms with Crippen molar-refractivity contribution in [2.24, 2.45) is 11.8 Å². The van der Waals surface area contributed by atoms with Crippen LogP contribution in [0, 0.1) is 11.8 Å². The molecule has 2 saturated carbocycles. The second kappa shape index (κ2) is 12.9. The van der Waals surface area contributed by atoms with Gasteiger partial charge in [-0.3, -0.25) is 4.79 Å². The fourth-order valence-corrected chi connectivity index (χ4v) is 5.84. The Kier molecular flexibility index (Phi) is 9.89. The molecule has 4 atom stereocenters. The molecule has 5 nitrogen and oxygen atoms in total. The van der Waals surface area contributed by atoms with Crippen LogP contribution in [0.4, 0.5) is 4.79 Å². The lowest BCUT2D eigenvalue weighted by molar-refractivity contribution is -0.152. The van der Waals surface area contributed by atoms with Crippen LogP contribution in [-0.2, 0) is 14.3 Å². The summed E-state index contributed by atoms with van der Waals surface area (Å²) in [6, 6.07) is 10.7. The Labute approximate surface area is 193 Å². The largest absolute Gasteiger partial charge is 0.428 e. The Morgan fingerprint density at radius 3 is 2.31 bits per heavy atom. The molecule has 0 aromatic heterocycles. The molecule has 0 spiro atoms. The molecule has 2 bridgehead atoms. The van der Waals surface area contributed by atoms with Crippen molar-refractivity contribution in [2.45, 2.75) is 96.4 Å². The number of rotatable bonds is 13. The van der Waals surface area contributed by atoms with Crippen LogP contribution in [0.1, 0.15) is 96.0 Å². The van der Waals surface area contributed by atoms with Crippen molar-refractivity contribution >= 4 is 12.1 Å². The van der Waals surface area contributed by atoms with Crippen molar-refractivity contribution in [3.63, 3.8) is 0 Å². The van der Waals surface area contributed by atoms with Gasteiger partial charge in [-0.1, -0.05) is 75.8 Å². The van der Waals surface area contributed by atoms with E-state index in [9.17, 15) is 9.59 Å². The van der Waals surface area contributed by atoms with Gasteiger partial charge in [-0.15, -0.1) is 0 Å². The summed E-state index contributed by atoms with van der Waals surface area (Å²) in [5, 5.41) is 0. The van der Waals surface area contributed by atoms with Crippen LogP contribution < -0.4 is 0 Å². The summed E-state index contributed by atoms with van der Waals surface area (Å²) in [4.78, 5) is 26.7. The average Bonchev–Trinajstić information content (AvgIpc) is 3.42. The van der Waals surface area contributed by atoms with Gasteiger partial charge in [-0.05, 0) is 50.0 Å². The van der Waals surface area contributed by atoms with Gasteiger partial charge < -0.3 is 14.4 Å². The van der Waals surface area contributed by atoms with E-state index in [0.717, 1.165) is 12.8 Å². The van der Waals surface area contributed by atoms with Gasteiger partial charge in [0.05, 0.1) is 0 Å². The number of carbonyl (C=O) groups is 2. The number of carbonyl (C=O) groups excluding carboxylic acids is 2. The summed E-state index contributed by atoms with van der Waals surface area (Å²) in [5.74, 6) is 1.24. The van der Waals surface area contributed by atoms with E-state index in [0.29, 0.717) is 30.7 Å². The van der Waals surface area contributed by atoms with Crippen molar-refractivity contribution in [1.82, 2.24) is 4.90 Å². The van der Waals surface area contributed by atoms with Gasteiger partial charge in [0.15, 0.2) is 0 Å². The molecule has 5 heteroatoms. The van der Waals surface area contributed by atoms with E-state index in [1.54, 1.807) is 0 Å². The molecule has 4 unspecified atom stereocenters. The zero-order valence-corrected chi connectivity index (χ0v) is 20.0. The first-order valence-electron chi connectivity index (χ1n) is 12.8. The highest BCUT2D eigenvalue weighted by Gasteiger charge is 2.51. The Bertz CT molecular complexity index is 707. The third kappa shape index (κ3) is 6.49. The standard InChI is InChI=1S/C27H41NO4/c1-3-5-6-7-8-9-13-16-24(29)31-20-32-27(30)28(4-2)26-23-18-17-22(19-23)25(26)21-14-11-10-12-15-21/h10-12,14-15,22-23,25-26H,3-9,13,16-20H2,1-2H3. The van der Waals surface area contributed by atoms with Crippen LogP contribution in [0.5, 0.6) is 0 Å². The highest BCUT2D eigenvalue weighted by Crippen LogP contribution is 2.54. The number of unbranched alkanes of at least 4 members (excludes halogenated alkanes) is 6. The molecule has 32 heavy (non-hydrogen) atoms. The lowest BCUT2D eigenvalue weighted by Crippen LogP contribution is -2.47. The number of hydrogen-bond donors (Lipinski definition) is 0. The molecule has 0 heterocycles. The second-order valence-electron chi connectivity index (χ2n) is 9.46. The minimum absolute atomic E-state index is 0.164. The summed E-state index contributed by atoms with van der Waals surface area (Å²) >= 11 is 0. The van der Waals surface area contributed by atoms with E-state index < -0.39 is 0 Å². The third-order valence-electron chi connectivity index (χ3n) is 7.38. The monoisotopic (exact) mass is 443 g/mol. The van der Waals surface area contributed by atoms with Crippen molar-refractivity contribution in [2.75, 3.05) is 13.3 Å². The maximum absolute atomic E-state index is 12.9. The fourth-order valence-electron chi connectivity index (χ4n) is 5.84. The molecule has 0 N–H and O–H groups in total. The summed E-state index contributed by atoms with van der Waals surface area (Å²) < 4.78 is 10.6. The Morgan fingerprint density at radius 1 is 0.906 bits per heavy atom. The highest BCUT2D eigenvalue weighted by atomic mass is 16.7. The van der Waals surface area contributed by atoms with Gasteiger partial charge in [0.1, 0.15) is 0 Å². The molecule has 178 valence electrons. The van der Waals surface area contributed by atoms with Crippen molar-refractivity contribution in [3.8, 4) is 0 Å². The van der Waals surface area contributed by atoms with Crippen molar-refractivity contribution < 1.29 is 19.1 Å². The lowest BCUT2D eigenvalue weighted by Gasteiger charge is -2.39. The second-order valence-corrected chi connectivity index (χ2v) is 9.46. The van der Waals surface area contributed by atoms with Gasteiger partial charge in [-0.2, -0.15) is 0 Å². The van der Waals surface area contributed by atoms with E-state index in [1.165, 1.54) is 56.9 Å². The molecule has 1 aromatic carbocycles. The molecule has 0 radical (unpaired) electrons. The number of likely N-dealkylation sites (N-methyl/N-ethyl adjacent to an activating group) is 1. The van der Waals surface area contributed by atoms with Gasteiger partial charge in [0.2, 0.25) is 6.79 Å². The lowest BCUT2D eigenvalue weighted by atomic mass is 9.79. The predicted molar refractivity (Wildman–Crippen MR) is 126 cm³/mol. The zero-order valence-electron chi connectivity index (χ0n) is 20.0. The average molecular weight is 444 g/mol. The number of ether oxygens (including phenoxy) is 2. The summed E-state index contributed by atoms with van der Waals surface area (Å²) in [6.45, 7) is 4.52. The number of nitrogens with zero attached hydrogens (tertiary/aromatic N) is 1. The predicted octanol–water partition coefficient (Wildman–Crippen LogP) is 6.67. The zero-order chi connectivity index (χ0) is 22.8. The maximum Gasteiger partial charge on any atom is 0.412 e. The Balaban J connectivity index is 1.42. The van der Waals surface area contributed by atoms with Gasteiger partial charge in [0, 0.05) is 24.9 Å². The van der Waals surface area contributed by atoms with Crippen LogP contribution in [0.3, 0.4) is 0 Å². The van der Waals surface area contributed by atoms with Crippen LogP contribution in [0.2, 0.25) is 0 Å². The smallest absolute Gasteiger partial charge is 0.412 e. The molecule has 2 aliphatic rings. The highest BCUT2D eigenvalue weighted by molar-refractivity contribution is 5.70. The minimum Gasteiger partial charge on any atom is -0.428 e. The normalized spacial score (nSPS) is 23.8. The first-order chi connectivity index (χ1) is 15.7. The molecular weight excluding hydrogens is 402 g/mol. The van der Waals surface area contributed by atoms with Gasteiger partial charge in [-0.25, -0.2) is 4.79 Å². The van der Waals surface area contributed by atoms with E-state index in [2.05, 4.69) is 31.2 Å². The summed E-state index contributed by atoms with van der Waals surface area (Å²) in [6.07, 6.45) is 11.7. The van der Waals surface area contributed by atoms with Gasteiger partial charge in [0.25, 0.3) is 0 Å². The maximum atomic E-state index is 12.9. The Hall–Kier alpha value is -2.04. The first-order valence-corrected chi connectivity index (χ1v) is 12.8. The molecular formula is C27H41NO4. The fraction of sp³-hybridized carbons (Fsp3) is 0.704. The molecule has 0 aliphatic heterocycles. The number of fused-ring (bicyclic) bond motifs is 2. The molecule has 3 rings (SSSR count). The number of hydrogen-bond acceptors (Lipinski definition) is 4. The molecule has 2 aliphatic carbocycles. The van der Waals surface area contributed by atoms with E-state index in [4.69, 9.17) is 9.47 Å². The molecule has 1 aromatic rings. The van der Waals surface area contributed by atoms with Crippen LogP contribution in [-0.4, -0.2) is 36.3 Å². The summed E-state index contributed by atoms with van der Waals surface area (Å²) in [5.41, 5.74) is 1.32. The van der Waals surface area contributed by atoms with E-state index in [1.807, 2.05) is 17.9 Å². The third-order valence-corrected chi connectivity index (χ3v) is 7.38. The van der Waals surface area contributed by atoms with Crippen LogP contribution in [0.25, 0.3) is 0 Å². The van der Waals surface area contributed by atoms with Crippen LogP contribution >= 0.6 is 0 Å². The number of esters is 1. The van der Waals surface area contributed by atoms with Crippen molar-refractivity contribution in [1.29, 1.82) is 0 Å².